The predicted molar refractivity (Wildman–Crippen MR) is 78.5 cm³/mol. The molecule has 1 aromatic carbocycles. The molecular weight excluding hydrogens is 222 g/mol. The Bertz CT molecular complexity index is 387. The van der Waals surface area contributed by atoms with Crippen LogP contribution in [0.3, 0.4) is 0 Å². The summed E-state index contributed by atoms with van der Waals surface area (Å²) < 4.78 is 6.25. The maximum atomic E-state index is 6.25. The lowest BCUT2D eigenvalue weighted by Gasteiger charge is -2.30. The Morgan fingerprint density at radius 2 is 2.00 bits per heavy atom. The van der Waals surface area contributed by atoms with E-state index in [1.54, 1.807) is 0 Å². The van der Waals surface area contributed by atoms with Gasteiger partial charge in [0.15, 0.2) is 0 Å². The molecule has 1 rings (SSSR count). The predicted octanol–water partition coefficient (Wildman–Crippen LogP) is 3.89. The molecule has 0 aliphatic carbocycles. The van der Waals surface area contributed by atoms with Gasteiger partial charge in [-0.15, -0.1) is 0 Å². The van der Waals surface area contributed by atoms with Gasteiger partial charge >= 0.3 is 0 Å². The van der Waals surface area contributed by atoms with Crippen molar-refractivity contribution in [3.63, 3.8) is 0 Å². The van der Waals surface area contributed by atoms with Crippen molar-refractivity contribution in [2.45, 2.75) is 52.6 Å². The molecule has 2 heteroatoms. The molecule has 0 aliphatic heterocycles. The topological polar surface area (TPSA) is 21.3 Å². The summed E-state index contributed by atoms with van der Waals surface area (Å²) in [6, 6.07) is 6.53. The lowest BCUT2D eigenvalue weighted by atomic mass is 10.00. The molecule has 0 aromatic heterocycles. The van der Waals surface area contributed by atoms with E-state index >= 15 is 0 Å². The van der Waals surface area contributed by atoms with E-state index < -0.39 is 0 Å². The minimum atomic E-state index is -0.144. The van der Waals surface area contributed by atoms with E-state index in [9.17, 15) is 0 Å². The molecule has 0 aliphatic rings. The number of nitrogens with one attached hydrogen (secondary N) is 1. The molecule has 0 fully saturated rings. The molecule has 0 heterocycles. The number of aryl methyl sites for hydroxylation is 1. The van der Waals surface area contributed by atoms with E-state index in [2.05, 4.69) is 58.1 Å². The van der Waals surface area contributed by atoms with Crippen molar-refractivity contribution < 1.29 is 4.74 Å². The van der Waals surface area contributed by atoms with E-state index in [4.69, 9.17) is 4.74 Å². The molecule has 0 saturated carbocycles. The molecule has 0 saturated heterocycles. The Kier molecular flexibility index (Phi) is 5.21. The van der Waals surface area contributed by atoms with Gasteiger partial charge in [-0.2, -0.15) is 0 Å². The summed E-state index contributed by atoms with van der Waals surface area (Å²) in [5.41, 5.74) is 2.39. The first-order valence-corrected chi connectivity index (χ1v) is 6.86. The van der Waals surface area contributed by atoms with Gasteiger partial charge < -0.3 is 10.1 Å². The molecule has 0 bridgehead atoms. The minimum absolute atomic E-state index is 0.144. The van der Waals surface area contributed by atoms with Crippen LogP contribution < -0.4 is 10.1 Å². The maximum Gasteiger partial charge on any atom is 0.123 e. The molecule has 18 heavy (non-hydrogen) atoms. The Balaban J connectivity index is 2.98. The average Bonchev–Trinajstić information content (AvgIpc) is 2.32. The van der Waals surface area contributed by atoms with E-state index in [0.717, 1.165) is 18.7 Å². The lowest BCUT2D eigenvalue weighted by molar-refractivity contribution is 0.0848. The smallest absolute Gasteiger partial charge is 0.123 e. The fraction of sp³-hybridized carbons (Fsp3) is 0.625. The second-order valence-electron chi connectivity index (χ2n) is 5.62. The van der Waals surface area contributed by atoms with Crippen molar-refractivity contribution in [2.75, 3.05) is 13.6 Å². The molecule has 2 nitrogen and oxygen atoms in total. The van der Waals surface area contributed by atoms with Crippen LogP contribution in [0.15, 0.2) is 18.2 Å². The van der Waals surface area contributed by atoms with Crippen molar-refractivity contribution in [3.8, 4) is 5.75 Å². The monoisotopic (exact) mass is 249 g/mol. The highest BCUT2D eigenvalue weighted by Gasteiger charge is 2.24. The fourth-order valence-electron chi connectivity index (χ4n) is 1.96. The molecule has 1 N–H and O–H groups in total. The van der Waals surface area contributed by atoms with Crippen molar-refractivity contribution in [3.05, 3.63) is 29.3 Å². The van der Waals surface area contributed by atoms with Crippen LogP contribution in [0.5, 0.6) is 5.75 Å². The third kappa shape index (κ3) is 3.74. The molecule has 0 amide bonds. The normalized spacial score (nSPS) is 14.6. The fourth-order valence-corrected chi connectivity index (χ4v) is 1.96. The van der Waals surface area contributed by atoms with E-state index in [-0.39, 0.29) is 5.60 Å². The summed E-state index contributed by atoms with van der Waals surface area (Å²) >= 11 is 0. The molecule has 1 aromatic rings. The highest BCUT2D eigenvalue weighted by molar-refractivity contribution is 5.38. The van der Waals surface area contributed by atoms with Crippen LogP contribution in [-0.2, 0) is 0 Å². The zero-order valence-corrected chi connectivity index (χ0v) is 12.6. The number of likely N-dealkylation sites (N-methyl/N-ethyl adjacent to an activating group) is 1. The van der Waals surface area contributed by atoms with Gasteiger partial charge in [-0.1, -0.05) is 32.9 Å². The van der Waals surface area contributed by atoms with Crippen molar-refractivity contribution in [2.24, 2.45) is 0 Å². The second kappa shape index (κ2) is 6.24. The van der Waals surface area contributed by atoms with Crippen LogP contribution in [-0.4, -0.2) is 19.2 Å². The number of benzene rings is 1. The first-order chi connectivity index (χ1) is 8.41. The number of hydrogen-bond donors (Lipinski definition) is 1. The van der Waals surface area contributed by atoms with Gasteiger partial charge in [0, 0.05) is 6.54 Å². The summed E-state index contributed by atoms with van der Waals surface area (Å²) in [6.45, 7) is 11.7. The molecule has 1 unspecified atom stereocenters. The number of hydrogen-bond acceptors (Lipinski definition) is 2. The first kappa shape index (κ1) is 15.0. The number of ether oxygens (including phenoxy) is 1. The van der Waals surface area contributed by atoms with Crippen molar-refractivity contribution in [1.82, 2.24) is 5.32 Å². The van der Waals surface area contributed by atoms with Crippen LogP contribution in [0.4, 0.5) is 0 Å². The Labute approximate surface area is 112 Å². The van der Waals surface area contributed by atoms with Gasteiger partial charge in [0.25, 0.3) is 0 Å². The summed E-state index contributed by atoms with van der Waals surface area (Å²) in [6.07, 6.45) is 0.985. The number of rotatable bonds is 6. The Hall–Kier alpha value is -1.02. The van der Waals surface area contributed by atoms with E-state index in [1.165, 1.54) is 11.1 Å². The average molecular weight is 249 g/mol. The third-order valence-corrected chi connectivity index (χ3v) is 3.53. The second-order valence-corrected chi connectivity index (χ2v) is 5.62. The van der Waals surface area contributed by atoms with Crippen LogP contribution in [0.1, 0.15) is 51.2 Å². The summed E-state index contributed by atoms with van der Waals surface area (Å²) in [5, 5.41) is 3.21. The van der Waals surface area contributed by atoms with Gasteiger partial charge in [-0.3, -0.25) is 0 Å². The Morgan fingerprint density at radius 3 is 2.50 bits per heavy atom. The molecule has 102 valence electrons. The lowest BCUT2D eigenvalue weighted by Crippen LogP contribution is -2.41. The summed E-state index contributed by atoms with van der Waals surface area (Å²) in [5.74, 6) is 1.55. The third-order valence-electron chi connectivity index (χ3n) is 3.53. The highest BCUT2D eigenvalue weighted by Crippen LogP contribution is 2.28. The molecule has 1 atom stereocenters. The highest BCUT2D eigenvalue weighted by atomic mass is 16.5. The van der Waals surface area contributed by atoms with Crippen molar-refractivity contribution >= 4 is 0 Å². The molecule has 0 radical (unpaired) electrons. The van der Waals surface area contributed by atoms with Gasteiger partial charge in [-0.25, -0.2) is 0 Å². The minimum Gasteiger partial charge on any atom is -0.486 e. The van der Waals surface area contributed by atoms with Gasteiger partial charge in [-0.05, 0) is 50.4 Å². The zero-order valence-electron chi connectivity index (χ0n) is 12.6. The molecule has 0 spiro atoms. The quantitative estimate of drug-likeness (QED) is 0.826. The zero-order chi connectivity index (χ0) is 13.8. The van der Waals surface area contributed by atoms with E-state index in [0.29, 0.717) is 5.92 Å². The van der Waals surface area contributed by atoms with Crippen LogP contribution in [0.2, 0.25) is 0 Å². The van der Waals surface area contributed by atoms with Crippen LogP contribution in [0, 0.1) is 6.92 Å². The SMILES string of the molecule is CCC(C)(CNC)Oc1cc(C(C)C)ccc1C. The Morgan fingerprint density at radius 1 is 1.33 bits per heavy atom. The maximum absolute atomic E-state index is 6.25. The largest absolute Gasteiger partial charge is 0.486 e. The van der Waals surface area contributed by atoms with E-state index in [1.807, 2.05) is 7.05 Å². The first-order valence-electron chi connectivity index (χ1n) is 6.86. The summed E-state index contributed by atoms with van der Waals surface area (Å²) in [7, 11) is 1.97. The summed E-state index contributed by atoms with van der Waals surface area (Å²) in [4.78, 5) is 0. The van der Waals surface area contributed by atoms with Gasteiger partial charge in [0.2, 0.25) is 0 Å². The van der Waals surface area contributed by atoms with Gasteiger partial charge in [0.1, 0.15) is 11.4 Å². The molecular formula is C16H27NO. The van der Waals surface area contributed by atoms with Crippen LogP contribution in [0.25, 0.3) is 0 Å². The van der Waals surface area contributed by atoms with Gasteiger partial charge in [0.05, 0.1) is 0 Å². The standard InChI is InChI=1S/C16H27NO/c1-7-16(5,11-17-6)18-15-10-14(12(2)3)9-8-13(15)4/h8-10,12,17H,7,11H2,1-6H3. The van der Waals surface area contributed by atoms with Crippen LogP contribution >= 0.6 is 0 Å². The van der Waals surface area contributed by atoms with Crippen molar-refractivity contribution in [1.29, 1.82) is 0 Å².